The van der Waals surface area contributed by atoms with Gasteiger partial charge in [0.2, 0.25) is 0 Å². The van der Waals surface area contributed by atoms with E-state index in [0.29, 0.717) is 0 Å². The molecule has 0 bridgehead atoms. The van der Waals surface area contributed by atoms with Gasteiger partial charge in [-0.1, -0.05) is 42.7 Å². The molecule has 0 radical (unpaired) electrons. The molecular formula is C16H26N2. The van der Waals surface area contributed by atoms with Crippen molar-refractivity contribution < 1.29 is 0 Å². The normalized spacial score (nSPS) is 16.6. The second-order valence-electron chi connectivity index (χ2n) is 5.54. The number of nitrogens with two attached hydrogens (primary N) is 1. The van der Waals surface area contributed by atoms with Gasteiger partial charge in [0, 0.05) is 12.6 Å². The summed E-state index contributed by atoms with van der Waals surface area (Å²) in [6.07, 6.45) is 6.66. The molecule has 0 aromatic heterocycles. The van der Waals surface area contributed by atoms with Crippen molar-refractivity contribution in [3.05, 3.63) is 35.4 Å². The highest BCUT2D eigenvalue weighted by molar-refractivity contribution is 5.21. The molecule has 0 heterocycles. The number of hydrogen-bond donors (Lipinski definition) is 1. The fraction of sp³-hybridized carbons (Fsp3) is 0.625. The molecule has 18 heavy (non-hydrogen) atoms. The van der Waals surface area contributed by atoms with E-state index in [1.54, 1.807) is 0 Å². The Bertz CT molecular complexity index is 339. The first-order valence-electron chi connectivity index (χ1n) is 7.29. The van der Waals surface area contributed by atoms with E-state index in [0.717, 1.165) is 32.1 Å². The van der Waals surface area contributed by atoms with Crippen molar-refractivity contribution in [3.8, 4) is 0 Å². The number of hydrogen-bond acceptors (Lipinski definition) is 2. The molecule has 0 aliphatic heterocycles. The highest BCUT2D eigenvalue weighted by atomic mass is 15.2. The Morgan fingerprint density at radius 2 is 1.83 bits per heavy atom. The molecule has 2 heteroatoms. The van der Waals surface area contributed by atoms with Gasteiger partial charge in [-0.05, 0) is 44.8 Å². The fourth-order valence-corrected chi connectivity index (χ4v) is 2.88. The number of rotatable bonds is 6. The van der Waals surface area contributed by atoms with Crippen LogP contribution in [0.3, 0.4) is 0 Å². The first-order valence-corrected chi connectivity index (χ1v) is 7.29. The van der Waals surface area contributed by atoms with Crippen molar-refractivity contribution in [2.75, 3.05) is 13.1 Å². The highest BCUT2D eigenvalue weighted by Crippen LogP contribution is 2.25. The molecule has 0 unspecified atom stereocenters. The van der Waals surface area contributed by atoms with Crippen molar-refractivity contribution in [2.24, 2.45) is 5.73 Å². The minimum Gasteiger partial charge on any atom is -0.330 e. The second kappa shape index (κ2) is 6.91. The van der Waals surface area contributed by atoms with Crippen LogP contribution in [0.2, 0.25) is 0 Å². The van der Waals surface area contributed by atoms with Gasteiger partial charge < -0.3 is 5.73 Å². The Kier molecular flexibility index (Phi) is 5.21. The summed E-state index contributed by atoms with van der Waals surface area (Å²) in [6, 6.07) is 9.74. The fourth-order valence-electron chi connectivity index (χ4n) is 2.88. The Morgan fingerprint density at radius 1 is 1.17 bits per heavy atom. The Morgan fingerprint density at radius 3 is 2.44 bits per heavy atom. The predicted octanol–water partition coefficient (Wildman–Crippen LogP) is 3.09. The molecule has 0 spiro atoms. The third kappa shape index (κ3) is 3.82. The Hall–Kier alpha value is -0.860. The van der Waals surface area contributed by atoms with Crippen LogP contribution in [0.4, 0.5) is 0 Å². The van der Waals surface area contributed by atoms with Crippen LogP contribution < -0.4 is 5.73 Å². The van der Waals surface area contributed by atoms with Gasteiger partial charge >= 0.3 is 0 Å². The molecule has 2 nitrogen and oxygen atoms in total. The predicted molar refractivity (Wildman–Crippen MR) is 77.5 cm³/mol. The molecule has 1 aromatic carbocycles. The zero-order chi connectivity index (χ0) is 12.8. The zero-order valence-electron chi connectivity index (χ0n) is 11.6. The highest BCUT2D eigenvalue weighted by Gasteiger charge is 2.21. The van der Waals surface area contributed by atoms with Crippen molar-refractivity contribution >= 4 is 0 Å². The minimum absolute atomic E-state index is 0.790. The van der Waals surface area contributed by atoms with E-state index >= 15 is 0 Å². The summed E-state index contributed by atoms with van der Waals surface area (Å²) in [5.74, 6) is 0. The first kappa shape index (κ1) is 13.6. The van der Waals surface area contributed by atoms with Crippen LogP contribution in [0, 0.1) is 6.92 Å². The molecule has 1 aliphatic carbocycles. The van der Waals surface area contributed by atoms with Crippen molar-refractivity contribution in [1.82, 2.24) is 4.90 Å². The van der Waals surface area contributed by atoms with Crippen LogP contribution in [0.15, 0.2) is 24.3 Å². The first-order chi connectivity index (χ1) is 8.79. The molecule has 1 aliphatic rings. The smallest absolute Gasteiger partial charge is 0.0236 e. The van der Waals surface area contributed by atoms with Gasteiger partial charge in [0.05, 0.1) is 0 Å². The van der Waals surface area contributed by atoms with Crippen LogP contribution in [0.25, 0.3) is 0 Å². The van der Waals surface area contributed by atoms with Gasteiger partial charge in [-0.25, -0.2) is 0 Å². The molecule has 0 amide bonds. The van der Waals surface area contributed by atoms with Crippen LogP contribution in [-0.2, 0) is 6.54 Å². The number of benzene rings is 1. The lowest BCUT2D eigenvalue weighted by molar-refractivity contribution is 0.188. The van der Waals surface area contributed by atoms with Crippen molar-refractivity contribution in [2.45, 2.75) is 51.6 Å². The third-order valence-electron chi connectivity index (χ3n) is 4.00. The SMILES string of the molecule is Cc1ccc(CN(CCCN)C2CCCC2)cc1. The Labute approximate surface area is 111 Å². The maximum absolute atomic E-state index is 5.66. The van der Waals surface area contributed by atoms with Gasteiger partial charge in [-0.15, -0.1) is 0 Å². The zero-order valence-corrected chi connectivity index (χ0v) is 11.6. The van der Waals surface area contributed by atoms with E-state index in [9.17, 15) is 0 Å². The molecule has 2 rings (SSSR count). The summed E-state index contributed by atoms with van der Waals surface area (Å²) < 4.78 is 0. The van der Waals surface area contributed by atoms with Gasteiger partial charge in [0.15, 0.2) is 0 Å². The second-order valence-corrected chi connectivity index (χ2v) is 5.54. The topological polar surface area (TPSA) is 29.3 Å². The maximum atomic E-state index is 5.66. The summed E-state index contributed by atoms with van der Waals surface area (Å²) in [6.45, 7) is 5.18. The summed E-state index contributed by atoms with van der Waals surface area (Å²) in [4.78, 5) is 2.64. The maximum Gasteiger partial charge on any atom is 0.0236 e. The quantitative estimate of drug-likeness (QED) is 0.836. The minimum atomic E-state index is 0.790. The van der Waals surface area contributed by atoms with E-state index in [1.807, 2.05) is 0 Å². The molecule has 1 aromatic rings. The van der Waals surface area contributed by atoms with Crippen LogP contribution in [-0.4, -0.2) is 24.0 Å². The van der Waals surface area contributed by atoms with E-state index in [2.05, 4.69) is 36.1 Å². The average Bonchev–Trinajstić information content (AvgIpc) is 2.90. The molecule has 1 saturated carbocycles. The van der Waals surface area contributed by atoms with Gasteiger partial charge in [0.25, 0.3) is 0 Å². The average molecular weight is 246 g/mol. The molecular weight excluding hydrogens is 220 g/mol. The summed E-state index contributed by atoms with van der Waals surface area (Å²) in [5, 5.41) is 0. The molecule has 0 atom stereocenters. The summed E-state index contributed by atoms with van der Waals surface area (Å²) in [5.41, 5.74) is 8.44. The lowest BCUT2D eigenvalue weighted by Gasteiger charge is -2.28. The third-order valence-corrected chi connectivity index (χ3v) is 4.00. The van der Waals surface area contributed by atoms with Gasteiger partial charge in [-0.3, -0.25) is 4.90 Å². The van der Waals surface area contributed by atoms with Crippen LogP contribution >= 0.6 is 0 Å². The van der Waals surface area contributed by atoms with Gasteiger partial charge in [0.1, 0.15) is 0 Å². The van der Waals surface area contributed by atoms with Crippen LogP contribution in [0.1, 0.15) is 43.2 Å². The lowest BCUT2D eigenvalue weighted by atomic mass is 10.1. The lowest BCUT2D eigenvalue weighted by Crippen LogP contribution is -2.34. The van der Waals surface area contributed by atoms with E-state index in [1.165, 1.54) is 36.8 Å². The van der Waals surface area contributed by atoms with E-state index < -0.39 is 0 Å². The van der Waals surface area contributed by atoms with Crippen LogP contribution in [0.5, 0.6) is 0 Å². The van der Waals surface area contributed by atoms with E-state index in [4.69, 9.17) is 5.73 Å². The molecule has 1 fully saturated rings. The molecule has 100 valence electrons. The van der Waals surface area contributed by atoms with Crippen molar-refractivity contribution in [3.63, 3.8) is 0 Å². The monoisotopic (exact) mass is 246 g/mol. The summed E-state index contributed by atoms with van der Waals surface area (Å²) >= 11 is 0. The number of aryl methyl sites for hydroxylation is 1. The van der Waals surface area contributed by atoms with E-state index in [-0.39, 0.29) is 0 Å². The largest absolute Gasteiger partial charge is 0.330 e. The standard InChI is InChI=1S/C16H26N2/c1-14-7-9-15(10-8-14)13-18(12-4-11-17)16-5-2-3-6-16/h7-10,16H,2-6,11-13,17H2,1H3. The van der Waals surface area contributed by atoms with Gasteiger partial charge in [-0.2, -0.15) is 0 Å². The van der Waals surface area contributed by atoms with Crippen molar-refractivity contribution in [1.29, 1.82) is 0 Å². The molecule has 2 N–H and O–H groups in total. The Balaban J connectivity index is 1.97. The number of nitrogens with zero attached hydrogens (tertiary/aromatic N) is 1. The summed E-state index contributed by atoms with van der Waals surface area (Å²) in [7, 11) is 0. The molecule has 0 saturated heterocycles.